The molecule has 0 atom stereocenters. The number of halogens is 1. The number of hydrogen-bond acceptors (Lipinski definition) is 5. The van der Waals surface area contributed by atoms with Crippen LogP contribution in [0.25, 0.3) is 0 Å². The summed E-state index contributed by atoms with van der Waals surface area (Å²) >= 11 is 5.95. The van der Waals surface area contributed by atoms with Gasteiger partial charge in [-0.05, 0) is 42.3 Å². The molecule has 0 saturated heterocycles. The van der Waals surface area contributed by atoms with Crippen LogP contribution in [0.3, 0.4) is 0 Å². The molecule has 2 rings (SSSR count). The standard InChI is InChI=1S/C16H17ClN2O4S/c1-23-16(20)14-7-6-13(10-15(14)17)24(21,22)19-9-8-11-2-4-12(18)5-3-11/h2-7,10,19H,8-9,18H2,1H3. The molecule has 6 nitrogen and oxygen atoms in total. The van der Waals surface area contributed by atoms with Gasteiger partial charge in [0.2, 0.25) is 10.0 Å². The summed E-state index contributed by atoms with van der Waals surface area (Å²) in [7, 11) is -2.50. The van der Waals surface area contributed by atoms with Crippen LogP contribution in [0.4, 0.5) is 5.69 Å². The minimum absolute atomic E-state index is 0.0162. The number of benzene rings is 2. The Bertz CT molecular complexity index is 836. The molecule has 0 aromatic heterocycles. The summed E-state index contributed by atoms with van der Waals surface area (Å²) in [6, 6.07) is 11.0. The number of methoxy groups -OCH3 is 1. The quantitative estimate of drug-likeness (QED) is 0.601. The van der Waals surface area contributed by atoms with E-state index in [4.69, 9.17) is 17.3 Å². The molecule has 2 aromatic carbocycles. The molecule has 0 heterocycles. The van der Waals surface area contributed by atoms with Crippen LogP contribution < -0.4 is 10.5 Å². The number of carbonyl (C=O) groups is 1. The molecule has 0 aliphatic carbocycles. The van der Waals surface area contributed by atoms with Gasteiger partial charge in [0.15, 0.2) is 0 Å². The minimum atomic E-state index is -3.72. The smallest absolute Gasteiger partial charge is 0.339 e. The number of carbonyl (C=O) groups excluding carboxylic acids is 1. The number of rotatable bonds is 6. The highest BCUT2D eigenvalue weighted by Gasteiger charge is 2.18. The zero-order valence-electron chi connectivity index (χ0n) is 13.0. The Morgan fingerprint density at radius 3 is 2.46 bits per heavy atom. The summed E-state index contributed by atoms with van der Waals surface area (Å²) in [4.78, 5) is 11.5. The van der Waals surface area contributed by atoms with Crippen LogP contribution in [0.5, 0.6) is 0 Å². The van der Waals surface area contributed by atoms with Gasteiger partial charge in [0.1, 0.15) is 0 Å². The number of nitrogens with two attached hydrogens (primary N) is 1. The molecule has 3 N–H and O–H groups in total. The molecule has 24 heavy (non-hydrogen) atoms. The monoisotopic (exact) mass is 368 g/mol. The third-order valence-electron chi connectivity index (χ3n) is 3.34. The second kappa shape index (κ2) is 7.65. The topological polar surface area (TPSA) is 98.5 Å². The van der Waals surface area contributed by atoms with Crippen LogP contribution in [-0.2, 0) is 21.2 Å². The van der Waals surface area contributed by atoms with Gasteiger partial charge in [-0.1, -0.05) is 23.7 Å². The second-order valence-corrected chi connectivity index (χ2v) is 7.20. The first-order valence-corrected chi connectivity index (χ1v) is 8.91. The number of ether oxygens (including phenoxy) is 1. The minimum Gasteiger partial charge on any atom is -0.465 e. The largest absolute Gasteiger partial charge is 0.465 e. The fourth-order valence-electron chi connectivity index (χ4n) is 2.04. The summed E-state index contributed by atoms with van der Waals surface area (Å²) in [6.45, 7) is 0.225. The highest BCUT2D eigenvalue weighted by Crippen LogP contribution is 2.21. The average molecular weight is 369 g/mol. The molecule has 0 radical (unpaired) electrons. The van der Waals surface area contributed by atoms with Gasteiger partial charge in [0.25, 0.3) is 0 Å². The predicted molar refractivity (Wildman–Crippen MR) is 92.5 cm³/mol. The average Bonchev–Trinajstić information content (AvgIpc) is 2.55. The van der Waals surface area contributed by atoms with E-state index in [2.05, 4.69) is 9.46 Å². The van der Waals surface area contributed by atoms with Crippen molar-refractivity contribution in [3.63, 3.8) is 0 Å². The first-order valence-electron chi connectivity index (χ1n) is 7.05. The van der Waals surface area contributed by atoms with Crippen LogP contribution in [0, 0.1) is 0 Å². The third kappa shape index (κ3) is 4.47. The normalized spacial score (nSPS) is 11.2. The molecule has 0 unspecified atom stereocenters. The number of anilines is 1. The molecule has 128 valence electrons. The van der Waals surface area contributed by atoms with Crippen molar-refractivity contribution in [2.45, 2.75) is 11.3 Å². The maximum atomic E-state index is 12.3. The van der Waals surface area contributed by atoms with Gasteiger partial charge in [-0.25, -0.2) is 17.9 Å². The number of nitrogen functional groups attached to an aromatic ring is 1. The van der Waals surface area contributed by atoms with E-state index in [-0.39, 0.29) is 22.0 Å². The Morgan fingerprint density at radius 1 is 1.21 bits per heavy atom. The predicted octanol–water partition coefficient (Wildman–Crippen LogP) is 2.23. The van der Waals surface area contributed by atoms with Gasteiger partial charge in [0.05, 0.1) is 22.6 Å². The van der Waals surface area contributed by atoms with Gasteiger partial charge < -0.3 is 10.5 Å². The third-order valence-corrected chi connectivity index (χ3v) is 5.11. The molecule has 8 heteroatoms. The van der Waals surface area contributed by atoms with Gasteiger partial charge >= 0.3 is 5.97 Å². The van der Waals surface area contributed by atoms with Crippen LogP contribution in [0.1, 0.15) is 15.9 Å². The summed E-state index contributed by atoms with van der Waals surface area (Å²) in [5.41, 5.74) is 7.33. The van der Waals surface area contributed by atoms with Crippen LogP contribution in [0.2, 0.25) is 5.02 Å². The van der Waals surface area contributed by atoms with E-state index in [1.54, 1.807) is 12.1 Å². The first-order chi connectivity index (χ1) is 11.3. The highest BCUT2D eigenvalue weighted by atomic mass is 35.5. The van der Waals surface area contributed by atoms with E-state index >= 15 is 0 Å². The van der Waals surface area contributed by atoms with E-state index in [1.807, 2.05) is 12.1 Å². The van der Waals surface area contributed by atoms with Crippen molar-refractivity contribution in [2.24, 2.45) is 0 Å². The van der Waals surface area contributed by atoms with Crippen LogP contribution in [0.15, 0.2) is 47.4 Å². The van der Waals surface area contributed by atoms with Crippen molar-refractivity contribution in [1.29, 1.82) is 0 Å². The number of hydrogen-bond donors (Lipinski definition) is 2. The number of esters is 1. The summed E-state index contributed by atoms with van der Waals surface area (Å²) in [5, 5.41) is 0.0169. The number of nitrogens with one attached hydrogen (secondary N) is 1. The first kappa shape index (κ1) is 18.3. The lowest BCUT2D eigenvalue weighted by molar-refractivity contribution is 0.0601. The summed E-state index contributed by atoms with van der Waals surface area (Å²) in [6.07, 6.45) is 0.521. The highest BCUT2D eigenvalue weighted by molar-refractivity contribution is 7.89. The van der Waals surface area contributed by atoms with Crippen molar-refractivity contribution in [2.75, 3.05) is 19.4 Å². The van der Waals surface area contributed by atoms with Crippen LogP contribution in [-0.4, -0.2) is 28.0 Å². The van der Waals surface area contributed by atoms with E-state index in [9.17, 15) is 13.2 Å². The molecule has 0 spiro atoms. The Morgan fingerprint density at radius 2 is 1.88 bits per heavy atom. The molecule has 0 bridgehead atoms. The number of sulfonamides is 1. The van der Waals surface area contributed by atoms with Crippen molar-refractivity contribution in [3.05, 3.63) is 58.6 Å². The van der Waals surface area contributed by atoms with Crippen LogP contribution >= 0.6 is 11.6 Å². The lowest BCUT2D eigenvalue weighted by Crippen LogP contribution is -2.26. The fraction of sp³-hybridized carbons (Fsp3) is 0.188. The Balaban J connectivity index is 2.06. The summed E-state index contributed by atoms with van der Waals surface area (Å²) < 4.78 is 31.6. The van der Waals surface area contributed by atoms with Crippen molar-refractivity contribution in [1.82, 2.24) is 4.72 Å². The van der Waals surface area contributed by atoms with E-state index in [0.717, 1.165) is 5.56 Å². The van der Waals surface area contributed by atoms with Gasteiger partial charge in [0, 0.05) is 12.2 Å². The lowest BCUT2D eigenvalue weighted by atomic mass is 10.1. The molecule has 2 aromatic rings. The molecule has 0 aliphatic rings. The summed E-state index contributed by atoms with van der Waals surface area (Å²) in [5.74, 6) is -0.625. The van der Waals surface area contributed by atoms with Gasteiger partial charge in [-0.2, -0.15) is 0 Å². The molecule has 0 saturated carbocycles. The lowest BCUT2D eigenvalue weighted by Gasteiger charge is -2.09. The Kier molecular flexibility index (Phi) is 5.82. The molecule has 0 amide bonds. The van der Waals surface area contributed by atoms with Gasteiger partial charge in [-0.3, -0.25) is 0 Å². The zero-order chi connectivity index (χ0) is 17.7. The Labute approximate surface area is 145 Å². The maximum absolute atomic E-state index is 12.3. The van der Waals surface area contributed by atoms with Crippen molar-refractivity contribution < 1.29 is 17.9 Å². The fourth-order valence-corrected chi connectivity index (χ4v) is 3.42. The van der Waals surface area contributed by atoms with Crippen molar-refractivity contribution >= 4 is 33.3 Å². The molecule has 0 aliphatic heterocycles. The molecular weight excluding hydrogens is 352 g/mol. The molecular formula is C16H17ClN2O4S. The van der Waals surface area contributed by atoms with E-state index in [0.29, 0.717) is 12.1 Å². The van der Waals surface area contributed by atoms with E-state index < -0.39 is 16.0 Å². The zero-order valence-corrected chi connectivity index (χ0v) is 14.5. The second-order valence-electron chi connectivity index (χ2n) is 5.02. The van der Waals surface area contributed by atoms with E-state index in [1.165, 1.54) is 25.3 Å². The van der Waals surface area contributed by atoms with Crippen molar-refractivity contribution in [3.8, 4) is 0 Å². The molecule has 0 fully saturated rings. The maximum Gasteiger partial charge on any atom is 0.339 e. The Hall–Kier alpha value is -2.09. The SMILES string of the molecule is COC(=O)c1ccc(S(=O)(=O)NCCc2ccc(N)cc2)cc1Cl. The van der Waals surface area contributed by atoms with Gasteiger partial charge in [-0.15, -0.1) is 0 Å².